The molecule has 0 fully saturated rings. The average Bonchev–Trinajstić information content (AvgIpc) is 2.36. The smallest absolute Gasteiger partial charge is 0.424 e. The quantitative estimate of drug-likeness (QED) is 0.378. The Hall–Kier alpha value is -1.60. The summed E-state index contributed by atoms with van der Waals surface area (Å²) in [5, 5.41) is 8.43. The maximum Gasteiger partial charge on any atom is 0.424 e. The summed E-state index contributed by atoms with van der Waals surface area (Å²) in [4.78, 5) is 21.9. The molecule has 0 saturated carbocycles. The molecular weight excluding hydrogens is 292 g/mol. The van der Waals surface area contributed by atoms with Crippen LogP contribution in [0.3, 0.4) is 0 Å². The fourth-order valence-corrected chi connectivity index (χ4v) is 1.68. The summed E-state index contributed by atoms with van der Waals surface area (Å²) in [6.07, 6.45) is 0.545. The zero-order chi connectivity index (χ0) is 14.3. The third-order valence-corrected chi connectivity index (χ3v) is 2.78. The van der Waals surface area contributed by atoms with Gasteiger partial charge in [-0.2, -0.15) is 11.8 Å². The summed E-state index contributed by atoms with van der Waals surface area (Å²) in [5.74, 6) is 1.15. The van der Waals surface area contributed by atoms with E-state index in [1.165, 1.54) is 6.07 Å². The van der Waals surface area contributed by atoms with Crippen LogP contribution in [-0.2, 0) is 0 Å². The van der Waals surface area contributed by atoms with Crippen molar-refractivity contribution in [1.82, 2.24) is 5.43 Å². The summed E-state index contributed by atoms with van der Waals surface area (Å²) in [5.41, 5.74) is 2.15. The Morgan fingerprint density at radius 3 is 2.74 bits per heavy atom. The Morgan fingerprint density at radius 2 is 2.16 bits per heavy atom. The average molecular weight is 305 g/mol. The number of nitrogens with one attached hydrogen (secondary N) is 1. The van der Waals surface area contributed by atoms with E-state index in [0.29, 0.717) is 17.4 Å². The standard InChI is InChI=1S/C11H13ClN2O4S/c1-19-7-6-18-9-5-3-2-4-8(9)14(10(12)15)13-11(16)17/h2-5,13H,6-7H2,1H3,(H,16,17). The molecule has 1 aromatic carbocycles. The lowest BCUT2D eigenvalue weighted by atomic mass is 10.3. The van der Waals surface area contributed by atoms with Gasteiger partial charge in [-0.3, -0.25) is 4.79 Å². The summed E-state index contributed by atoms with van der Waals surface area (Å²) >= 11 is 6.97. The van der Waals surface area contributed by atoms with Crippen molar-refractivity contribution in [2.45, 2.75) is 0 Å². The molecule has 0 unspecified atom stereocenters. The largest absolute Gasteiger partial charge is 0.490 e. The van der Waals surface area contributed by atoms with Crippen molar-refractivity contribution in [3.05, 3.63) is 24.3 Å². The van der Waals surface area contributed by atoms with Crippen molar-refractivity contribution in [2.24, 2.45) is 0 Å². The Morgan fingerprint density at radius 1 is 1.47 bits per heavy atom. The van der Waals surface area contributed by atoms with Crippen LogP contribution in [0.25, 0.3) is 0 Å². The minimum Gasteiger partial charge on any atom is -0.490 e. The molecule has 0 saturated heterocycles. The summed E-state index contributed by atoms with van der Waals surface area (Å²) in [6.45, 7) is 0.440. The van der Waals surface area contributed by atoms with Gasteiger partial charge < -0.3 is 9.84 Å². The zero-order valence-electron chi connectivity index (χ0n) is 10.1. The van der Waals surface area contributed by atoms with Crippen LogP contribution < -0.4 is 15.2 Å². The highest BCUT2D eigenvalue weighted by Crippen LogP contribution is 2.28. The van der Waals surface area contributed by atoms with Crippen LogP contribution in [0.15, 0.2) is 24.3 Å². The first-order valence-corrected chi connectivity index (χ1v) is 7.03. The van der Waals surface area contributed by atoms with E-state index in [1.807, 2.05) is 11.7 Å². The SMILES string of the molecule is CSCCOc1ccccc1N(NC(=O)O)C(=O)Cl. The van der Waals surface area contributed by atoms with E-state index in [-0.39, 0.29) is 5.69 Å². The molecule has 0 spiro atoms. The van der Waals surface area contributed by atoms with Crippen molar-refractivity contribution in [2.75, 3.05) is 23.6 Å². The molecule has 104 valence electrons. The van der Waals surface area contributed by atoms with Crippen molar-refractivity contribution < 1.29 is 19.4 Å². The van der Waals surface area contributed by atoms with Crippen LogP contribution >= 0.6 is 23.4 Å². The topological polar surface area (TPSA) is 78.9 Å². The highest BCUT2D eigenvalue weighted by molar-refractivity contribution is 7.98. The van der Waals surface area contributed by atoms with Crippen LogP contribution in [0.4, 0.5) is 15.3 Å². The number of hydrogen-bond donors (Lipinski definition) is 2. The second-order valence-electron chi connectivity index (χ2n) is 3.31. The molecule has 2 N–H and O–H groups in total. The van der Waals surface area contributed by atoms with Crippen molar-refractivity contribution in [1.29, 1.82) is 0 Å². The fraction of sp³-hybridized carbons (Fsp3) is 0.273. The van der Waals surface area contributed by atoms with Crippen LogP contribution in [-0.4, -0.2) is 35.2 Å². The molecule has 6 nitrogen and oxygen atoms in total. The monoisotopic (exact) mass is 304 g/mol. The van der Waals surface area contributed by atoms with Gasteiger partial charge in [0, 0.05) is 5.75 Å². The van der Waals surface area contributed by atoms with Gasteiger partial charge in [0.25, 0.3) is 0 Å². The van der Waals surface area contributed by atoms with Gasteiger partial charge in [-0.15, -0.1) is 0 Å². The summed E-state index contributed by atoms with van der Waals surface area (Å²) in [7, 11) is 0. The summed E-state index contributed by atoms with van der Waals surface area (Å²) in [6, 6.07) is 6.53. The molecule has 0 aliphatic rings. The second-order valence-corrected chi connectivity index (χ2v) is 4.62. The number of carboxylic acid groups (broad SMARTS) is 1. The van der Waals surface area contributed by atoms with E-state index < -0.39 is 11.5 Å². The molecule has 1 aromatic rings. The van der Waals surface area contributed by atoms with Gasteiger partial charge in [0.15, 0.2) is 0 Å². The fourth-order valence-electron chi connectivity index (χ4n) is 1.29. The van der Waals surface area contributed by atoms with Gasteiger partial charge in [0.1, 0.15) is 11.4 Å². The Labute approximate surface area is 119 Å². The minimum atomic E-state index is -1.40. The number of thioether (sulfide) groups is 1. The van der Waals surface area contributed by atoms with Crippen LogP contribution in [0.5, 0.6) is 5.75 Å². The van der Waals surface area contributed by atoms with Gasteiger partial charge in [0.2, 0.25) is 0 Å². The van der Waals surface area contributed by atoms with Gasteiger partial charge >= 0.3 is 11.5 Å². The highest BCUT2D eigenvalue weighted by atomic mass is 35.5. The molecule has 0 aromatic heterocycles. The van der Waals surface area contributed by atoms with Crippen molar-refractivity contribution in [3.8, 4) is 5.75 Å². The number of para-hydroxylation sites is 2. The lowest BCUT2D eigenvalue weighted by molar-refractivity contribution is 0.193. The molecule has 0 bridgehead atoms. The molecule has 8 heteroatoms. The van der Waals surface area contributed by atoms with Crippen LogP contribution in [0.2, 0.25) is 0 Å². The molecule has 1 rings (SSSR count). The van der Waals surface area contributed by atoms with E-state index in [0.717, 1.165) is 5.75 Å². The van der Waals surface area contributed by atoms with Gasteiger partial charge in [-0.25, -0.2) is 15.2 Å². The Kier molecular flexibility index (Phi) is 6.31. The van der Waals surface area contributed by atoms with Crippen LogP contribution in [0, 0.1) is 0 Å². The summed E-state index contributed by atoms with van der Waals surface area (Å²) < 4.78 is 5.48. The van der Waals surface area contributed by atoms with E-state index in [4.69, 9.17) is 21.4 Å². The van der Waals surface area contributed by atoms with Gasteiger partial charge in [-0.05, 0) is 30.0 Å². The Balaban J connectivity index is 2.94. The number of amides is 2. The molecule has 0 atom stereocenters. The number of halogens is 1. The molecule has 0 radical (unpaired) electrons. The lowest BCUT2D eigenvalue weighted by Crippen LogP contribution is -2.43. The highest BCUT2D eigenvalue weighted by Gasteiger charge is 2.19. The van der Waals surface area contributed by atoms with Gasteiger partial charge in [0.05, 0.1) is 6.61 Å². The number of hydrazine groups is 1. The number of carbonyl (C=O) groups is 2. The lowest BCUT2D eigenvalue weighted by Gasteiger charge is -2.21. The third-order valence-electron chi connectivity index (χ3n) is 2.03. The molecule has 2 amide bonds. The number of anilines is 1. The number of carbonyl (C=O) groups excluding carboxylic acids is 1. The van der Waals surface area contributed by atoms with Crippen molar-refractivity contribution >= 4 is 40.5 Å². The Bertz CT molecular complexity index is 458. The number of rotatable bonds is 5. The first-order valence-electron chi connectivity index (χ1n) is 5.26. The van der Waals surface area contributed by atoms with E-state index in [1.54, 1.807) is 30.0 Å². The predicted octanol–water partition coefficient (Wildman–Crippen LogP) is 2.78. The first-order chi connectivity index (χ1) is 9.06. The number of benzene rings is 1. The minimum absolute atomic E-state index is 0.242. The zero-order valence-corrected chi connectivity index (χ0v) is 11.7. The van der Waals surface area contributed by atoms with E-state index in [2.05, 4.69) is 0 Å². The molecule has 0 aliphatic carbocycles. The third kappa shape index (κ3) is 4.88. The van der Waals surface area contributed by atoms with E-state index in [9.17, 15) is 9.59 Å². The normalized spacial score (nSPS) is 9.79. The molecule has 0 heterocycles. The molecule has 19 heavy (non-hydrogen) atoms. The predicted molar refractivity (Wildman–Crippen MR) is 75.2 cm³/mol. The number of nitrogens with zero attached hydrogens (tertiary/aromatic N) is 1. The van der Waals surface area contributed by atoms with Gasteiger partial charge in [-0.1, -0.05) is 12.1 Å². The second kappa shape index (κ2) is 7.75. The number of ether oxygens (including phenoxy) is 1. The van der Waals surface area contributed by atoms with Crippen LogP contribution in [0.1, 0.15) is 0 Å². The first kappa shape index (κ1) is 15.5. The van der Waals surface area contributed by atoms with E-state index >= 15 is 0 Å². The number of hydrogen-bond acceptors (Lipinski definition) is 4. The molecule has 0 aliphatic heterocycles. The van der Waals surface area contributed by atoms with Crippen molar-refractivity contribution in [3.63, 3.8) is 0 Å². The molecular formula is C11H13ClN2O4S. The maximum atomic E-state index is 11.3. The maximum absolute atomic E-state index is 11.3.